The molecule has 1 fully saturated rings. The van der Waals surface area contributed by atoms with Gasteiger partial charge in [0.2, 0.25) is 5.91 Å². The van der Waals surface area contributed by atoms with Crippen LogP contribution in [0.4, 0.5) is 0 Å². The number of likely N-dealkylation sites (tertiary alicyclic amines) is 1. The number of carbonyl (C=O) groups is 3. The van der Waals surface area contributed by atoms with Gasteiger partial charge in [0.25, 0.3) is 5.91 Å². The summed E-state index contributed by atoms with van der Waals surface area (Å²) in [5, 5.41) is 12.5. The molecular formula is C11H15N3O4. The summed E-state index contributed by atoms with van der Waals surface area (Å²) < 4.78 is 0. The molecule has 2 aliphatic heterocycles. The van der Waals surface area contributed by atoms with Gasteiger partial charge in [0.15, 0.2) is 0 Å². The first-order chi connectivity index (χ1) is 8.56. The van der Waals surface area contributed by atoms with Crippen LogP contribution in [0.15, 0.2) is 5.10 Å². The molecule has 2 rings (SSSR count). The molecule has 18 heavy (non-hydrogen) atoms. The maximum Gasteiger partial charge on any atom is 0.303 e. The van der Waals surface area contributed by atoms with Crippen LogP contribution >= 0.6 is 0 Å². The van der Waals surface area contributed by atoms with E-state index >= 15 is 0 Å². The van der Waals surface area contributed by atoms with Crippen molar-refractivity contribution in [3.05, 3.63) is 0 Å². The van der Waals surface area contributed by atoms with E-state index in [-0.39, 0.29) is 30.6 Å². The van der Waals surface area contributed by atoms with E-state index < -0.39 is 5.97 Å². The van der Waals surface area contributed by atoms with Crippen LogP contribution in [0.3, 0.4) is 0 Å². The highest BCUT2D eigenvalue weighted by atomic mass is 16.4. The molecule has 1 saturated heterocycles. The van der Waals surface area contributed by atoms with Crippen molar-refractivity contribution in [1.29, 1.82) is 0 Å². The highest BCUT2D eigenvalue weighted by Gasteiger charge is 2.31. The molecule has 1 unspecified atom stereocenters. The van der Waals surface area contributed by atoms with E-state index in [1.54, 1.807) is 4.90 Å². The lowest BCUT2D eigenvalue weighted by molar-refractivity contribution is -0.138. The molecule has 0 saturated carbocycles. The third-order valence-corrected chi connectivity index (χ3v) is 3.19. The van der Waals surface area contributed by atoms with Crippen molar-refractivity contribution in [2.75, 3.05) is 13.1 Å². The molecule has 98 valence electrons. The summed E-state index contributed by atoms with van der Waals surface area (Å²) in [5.74, 6) is -1.19. The topological polar surface area (TPSA) is 99.1 Å². The summed E-state index contributed by atoms with van der Waals surface area (Å²) in [4.78, 5) is 35.2. The van der Waals surface area contributed by atoms with Crippen molar-refractivity contribution >= 4 is 23.5 Å². The fourth-order valence-electron chi connectivity index (χ4n) is 2.24. The highest BCUT2D eigenvalue weighted by molar-refractivity contribution is 6.39. The maximum absolute atomic E-state index is 12.0. The number of carbonyl (C=O) groups excluding carboxylic acids is 2. The zero-order valence-electron chi connectivity index (χ0n) is 9.89. The Hall–Kier alpha value is -1.92. The first-order valence-electron chi connectivity index (χ1n) is 5.92. The molecule has 2 heterocycles. The van der Waals surface area contributed by atoms with Gasteiger partial charge in [0.05, 0.1) is 0 Å². The molecule has 0 aromatic rings. The fourth-order valence-corrected chi connectivity index (χ4v) is 2.24. The first kappa shape index (κ1) is 12.5. The molecule has 0 spiro atoms. The SMILES string of the molecule is O=C(O)CC1CCN(C(=O)C2=NNC(=O)CC2)C1. The van der Waals surface area contributed by atoms with Crippen molar-refractivity contribution in [3.63, 3.8) is 0 Å². The summed E-state index contributed by atoms with van der Waals surface area (Å²) in [6, 6.07) is 0. The summed E-state index contributed by atoms with van der Waals surface area (Å²) in [6.07, 6.45) is 1.42. The van der Waals surface area contributed by atoms with Gasteiger partial charge in [-0.15, -0.1) is 0 Å². The van der Waals surface area contributed by atoms with E-state index in [0.29, 0.717) is 31.6 Å². The van der Waals surface area contributed by atoms with E-state index in [0.717, 1.165) is 0 Å². The second kappa shape index (κ2) is 5.16. The van der Waals surface area contributed by atoms with Crippen LogP contribution in [0.1, 0.15) is 25.7 Å². The summed E-state index contributed by atoms with van der Waals surface area (Å²) >= 11 is 0. The molecular weight excluding hydrogens is 238 g/mol. The van der Waals surface area contributed by atoms with Gasteiger partial charge in [-0.1, -0.05) is 0 Å². The molecule has 0 aromatic heterocycles. The lowest BCUT2D eigenvalue weighted by atomic mass is 10.1. The number of carboxylic acids is 1. The molecule has 2 amide bonds. The van der Waals surface area contributed by atoms with Crippen LogP contribution in [-0.4, -0.2) is 46.6 Å². The summed E-state index contributed by atoms with van der Waals surface area (Å²) in [6.45, 7) is 1.02. The number of hydrazone groups is 1. The van der Waals surface area contributed by atoms with Crippen LogP contribution in [0, 0.1) is 5.92 Å². The van der Waals surface area contributed by atoms with Gasteiger partial charge in [0.1, 0.15) is 5.71 Å². The van der Waals surface area contributed by atoms with Crippen LogP contribution in [0.5, 0.6) is 0 Å². The molecule has 2 N–H and O–H groups in total. The Morgan fingerprint density at radius 3 is 2.83 bits per heavy atom. The van der Waals surface area contributed by atoms with Gasteiger partial charge < -0.3 is 10.0 Å². The van der Waals surface area contributed by atoms with Crippen molar-refractivity contribution < 1.29 is 19.5 Å². The summed E-state index contributed by atoms with van der Waals surface area (Å²) in [5.41, 5.74) is 2.64. The van der Waals surface area contributed by atoms with Gasteiger partial charge in [-0.2, -0.15) is 5.10 Å². The number of nitrogens with one attached hydrogen (secondary N) is 1. The predicted molar refractivity (Wildman–Crippen MR) is 61.8 cm³/mol. The van der Waals surface area contributed by atoms with Crippen molar-refractivity contribution in [1.82, 2.24) is 10.3 Å². The number of hydrogen-bond donors (Lipinski definition) is 2. The summed E-state index contributed by atoms with van der Waals surface area (Å²) in [7, 11) is 0. The molecule has 0 radical (unpaired) electrons. The predicted octanol–water partition coefficient (Wildman–Crippen LogP) is -0.424. The zero-order valence-corrected chi connectivity index (χ0v) is 9.89. The number of rotatable bonds is 3. The Bertz CT molecular complexity index is 419. The van der Waals surface area contributed by atoms with Gasteiger partial charge in [-0.05, 0) is 12.3 Å². The van der Waals surface area contributed by atoms with E-state index in [1.165, 1.54) is 0 Å². The molecule has 0 aliphatic carbocycles. The molecule has 2 aliphatic rings. The number of carboxylic acid groups (broad SMARTS) is 1. The largest absolute Gasteiger partial charge is 0.481 e. The lowest BCUT2D eigenvalue weighted by Gasteiger charge is -2.19. The standard InChI is InChI=1S/C11H15N3O4/c15-9-2-1-8(12-13-9)11(18)14-4-3-7(6-14)5-10(16)17/h7H,1-6H2,(H,13,15)(H,16,17). The highest BCUT2D eigenvalue weighted by Crippen LogP contribution is 2.20. The smallest absolute Gasteiger partial charge is 0.303 e. The Kier molecular flexibility index (Phi) is 3.59. The quantitative estimate of drug-likeness (QED) is 0.713. The lowest BCUT2D eigenvalue weighted by Crippen LogP contribution is -2.39. The van der Waals surface area contributed by atoms with Crippen LogP contribution in [-0.2, 0) is 14.4 Å². The second-order valence-electron chi connectivity index (χ2n) is 4.60. The average molecular weight is 253 g/mol. The normalized spacial score (nSPS) is 23.6. The second-order valence-corrected chi connectivity index (χ2v) is 4.60. The van der Waals surface area contributed by atoms with Crippen molar-refractivity contribution in [2.24, 2.45) is 11.0 Å². The van der Waals surface area contributed by atoms with E-state index in [2.05, 4.69) is 10.5 Å². The number of nitrogens with zero attached hydrogens (tertiary/aromatic N) is 2. The van der Waals surface area contributed by atoms with Gasteiger partial charge >= 0.3 is 5.97 Å². The monoisotopic (exact) mass is 253 g/mol. The molecule has 0 aromatic carbocycles. The Labute approximate surface area is 104 Å². The Morgan fingerprint density at radius 2 is 2.22 bits per heavy atom. The van der Waals surface area contributed by atoms with Gasteiger partial charge in [-0.3, -0.25) is 14.4 Å². The van der Waals surface area contributed by atoms with Crippen LogP contribution in [0.25, 0.3) is 0 Å². The van der Waals surface area contributed by atoms with E-state index in [4.69, 9.17) is 5.11 Å². The third kappa shape index (κ3) is 2.85. The van der Waals surface area contributed by atoms with E-state index in [9.17, 15) is 14.4 Å². The van der Waals surface area contributed by atoms with Gasteiger partial charge in [0, 0.05) is 32.4 Å². The number of amides is 2. The first-order valence-corrected chi connectivity index (χ1v) is 5.92. The fraction of sp³-hybridized carbons (Fsp3) is 0.636. The van der Waals surface area contributed by atoms with Crippen molar-refractivity contribution in [2.45, 2.75) is 25.7 Å². The van der Waals surface area contributed by atoms with Gasteiger partial charge in [-0.25, -0.2) is 5.43 Å². The molecule has 0 bridgehead atoms. The van der Waals surface area contributed by atoms with E-state index in [1.807, 2.05) is 0 Å². The zero-order chi connectivity index (χ0) is 13.1. The molecule has 1 atom stereocenters. The average Bonchev–Trinajstić information content (AvgIpc) is 2.76. The number of hydrogen-bond acceptors (Lipinski definition) is 4. The Balaban J connectivity index is 1.91. The molecule has 7 heteroatoms. The number of aliphatic carboxylic acids is 1. The minimum absolute atomic E-state index is 0.0187. The maximum atomic E-state index is 12.0. The van der Waals surface area contributed by atoms with Crippen LogP contribution < -0.4 is 5.43 Å². The third-order valence-electron chi connectivity index (χ3n) is 3.19. The Morgan fingerprint density at radius 1 is 1.44 bits per heavy atom. The minimum Gasteiger partial charge on any atom is -0.481 e. The minimum atomic E-state index is -0.837. The van der Waals surface area contributed by atoms with Crippen LogP contribution in [0.2, 0.25) is 0 Å². The van der Waals surface area contributed by atoms with Crippen molar-refractivity contribution in [3.8, 4) is 0 Å². The molecule has 7 nitrogen and oxygen atoms in total.